The lowest BCUT2D eigenvalue weighted by molar-refractivity contribution is 0.158. The molecular formula is C16H28N2. The van der Waals surface area contributed by atoms with Gasteiger partial charge in [0.05, 0.1) is 0 Å². The van der Waals surface area contributed by atoms with Crippen molar-refractivity contribution in [3.63, 3.8) is 0 Å². The molecule has 4 aliphatic rings. The smallest absolute Gasteiger partial charge is 0.0137 e. The highest BCUT2D eigenvalue weighted by atomic mass is 15.2. The van der Waals surface area contributed by atoms with Gasteiger partial charge in [-0.25, -0.2) is 0 Å². The quantitative estimate of drug-likeness (QED) is 0.825. The maximum atomic E-state index is 3.60. The van der Waals surface area contributed by atoms with Crippen LogP contribution in [0.4, 0.5) is 0 Å². The van der Waals surface area contributed by atoms with Crippen molar-refractivity contribution in [2.24, 2.45) is 29.6 Å². The third-order valence-corrected chi connectivity index (χ3v) is 6.60. The van der Waals surface area contributed by atoms with E-state index in [-0.39, 0.29) is 0 Å². The van der Waals surface area contributed by atoms with E-state index in [1.54, 1.807) is 25.7 Å². The predicted octanol–water partition coefficient (Wildman–Crippen LogP) is 2.35. The van der Waals surface area contributed by atoms with Crippen molar-refractivity contribution in [3.05, 3.63) is 0 Å². The molecule has 0 aromatic heterocycles. The third kappa shape index (κ3) is 1.76. The maximum absolute atomic E-state index is 3.60. The van der Waals surface area contributed by atoms with Gasteiger partial charge in [0.25, 0.3) is 0 Å². The van der Waals surface area contributed by atoms with Crippen LogP contribution in [0.1, 0.15) is 39.0 Å². The standard InChI is InChI=1S/C16H28N2/c1-2-16-15-8-17-7-14(15)10-18(16)9-13-6-11-3-4-12(13)5-11/h11-17H,2-10H2,1H3. The molecule has 0 spiro atoms. The number of hydrogen-bond acceptors (Lipinski definition) is 2. The summed E-state index contributed by atoms with van der Waals surface area (Å²) in [6, 6.07) is 0.893. The second-order valence-electron chi connectivity index (χ2n) is 7.45. The highest BCUT2D eigenvalue weighted by molar-refractivity contribution is 5.00. The Kier molecular flexibility index (Phi) is 2.92. The fraction of sp³-hybridized carbons (Fsp3) is 1.00. The van der Waals surface area contributed by atoms with Crippen molar-refractivity contribution < 1.29 is 0 Å². The maximum Gasteiger partial charge on any atom is 0.0137 e. The molecule has 1 N–H and O–H groups in total. The van der Waals surface area contributed by atoms with Crippen LogP contribution in [-0.4, -0.2) is 37.1 Å². The zero-order valence-corrected chi connectivity index (χ0v) is 11.8. The van der Waals surface area contributed by atoms with E-state index in [1.165, 1.54) is 32.6 Å². The molecule has 2 saturated carbocycles. The molecule has 0 aromatic rings. The van der Waals surface area contributed by atoms with Gasteiger partial charge in [0.2, 0.25) is 0 Å². The molecular weight excluding hydrogens is 220 g/mol. The summed E-state index contributed by atoms with van der Waals surface area (Å²) >= 11 is 0. The summed E-state index contributed by atoms with van der Waals surface area (Å²) < 4.78 is 0. The van der Waals surface area contributed by atoms with Crippen LogP contribution in [0.5, 0.6) is 0 Å². The van der Waals surface area contributed by atoms with E-state index < -0.39 is 0 Å². The van der Waals surface area contributed by atoms with Gasteiger partial charge in [-0.2, -0.15) is 0 Å². The molecule has 2 aliphatic carbocycles. The summed E-state index contributed by atoms with van der Waals surface area (Å²) in [5.74, 6) is 5.21. The molecule has 4 rings (SSSR count). The average molecular weight is 248 g/mol. The lowest BCUT2D eigenvalue weighted by Gasteiger charge is -2.32. The van der Waals surface area contributed by atoms with Crippen LogP contribution in [0.3, 0.4) is 0 Å². The van der Waals surface area contributed by atoms with Gasteiger partial charge in [0.15, 0.2) is 0 Å². The summed E-state index contributed by atoms with van der Waals surface area (Å²) in [7, 11) is 0. The molecule has 4 fully saturated rings. The molecule has 0 amide bonds. The van der Waals surface area contributed by atoms with Crippen LogP contribution in [0.15, 0.2) is 0 Å². The Morgan fingerprint density at radius 1 is 1.11 bits per heavy atom. The molecule has 2 heterocycles. The summed E-state index contributed by atoms with van der Waals surface area (Å²) in [4.78, 5) is 2.89. The summed E-state index contributed by atoms with van der Waals surface area (Å²) in [5, 5.41) is 3.60. The highest BCUT2D eigenvalue weighted by Gasteiger charge is 2.46. The van der Waals surface area contributed by atoms with Crippen molar-refractivity contribution in [3.8, 4) is 0 Å². The zero-order valence-electron chi connectivity index (χ0n) is 11.8. The lowest BCUT2D eigenvalue weighted by Crippen LogP contribution is -2.39. The van der Waals surface area contributed by atoms with Crippen LogP contribution >= 0.6 is 0 Å². The van der Waals surface area contributed by atoms with E-state index >= 15 is 0 Å². The first-order chi connectivity index (χ1) is 8.85. The van der Waals surface area contributed by atoms with Crippen molar-refractivity contribution in [2.45, 2.75) is 45.1 Å². The van der Waals surface area contributed by atoms with Gasteiger partial charge in [-0.1, -0.05) is 13.3 Å². The second kappa shape index (κ2) is 4.49. The van der Waals surface area contributed by atoms with Gasteiger partial charge in [0.1, 0.15) is 0 Å². The molecule has 2 heteroatoms. The third-order valence-electron chi connectivity index (χ3n) is 6.60. The van der Waals surface area contributed by atoms with E-state index in [9.17, 15) is 0 Å². The normalized spacial score (nSPS) is 51.2. The van der Waals surface area contributed by atoms with E-state index in [4.69, 9.17) is 0 Å². The summed E-state index contributed by atoms with van der Waals surface area (Å²) in [5.41, 5.74) is 0. The molecule has 0 aromatic carbocycles. The second-order valence-corrected chi connectivity index (χ2v) is 7.45. The molecule has 2 bridgehead atoms. The molecule has 18 heavy (non-hydrogen) atoms. The van der Waals surface area contributed by atoms with Crippen molar-refractivity contribution in [1.82, 2.24) is 10.2 Å². The molecule has 0 radical (unpaired) electrons. The minimum atomic E-state index is 0.893. The fourth-order valence-corrected chi connectivity index (χ4v) is 5.78. The Hall–Kier alpha value is -0.0800. The fourth-order valence-electron chi connectivity index (χ4n) is 5.78. The lowest BCUT2D eigenvalue weighted by atomic mass is 9.88. The number of rotatable bonds is 3. The molecule has 2 saturated heterocycles. The number of nitrogens with zero attached hydrogens (tertiary/aromatic N) is 1. The predicted molar refractivity (Wildman–Crippen MR) is 74.4 cm³/mol. The minimum absolute atomic E-state index is 0.893. The van der Waals surface area contributed by atoms with Gasteiger partial charge in [-0.3, -0.25) is 4.90 Å². The zero-order chi connectivity index (χ0) is 12.1. The number of nitrogens with one attached hydrogen (secondary N) is 1. The van der Waals surface area contributed by atoms with Crippen LogP contribution in [-0.2, 0) is 0 Å². The Morgan fingerprint density at radius 2 is 2.06 bits per heavy atom. The monoisotopic (exact) mass is 248 g/mol. The summed E-state index contributed by atoms with van der Waals surface area (Å²) in [6.07, 6.45) is 7.60. The Morgan fingerprint density at radius 3 is 2.78 bits per heavy atom. The van der Waals surface area contributed by atoms with Crippen molar-refractivity contribution in [1.29, 1.82) is 0 Å². The van der Waals surface area contributed by atoms with Gasteiger partial charge in [-0.15, -0.1) is 0 Å². The van der Waals surface area contributed by atoms with E-state index in [2.05, 4.69) is 17.1 Å². The average Bonchev–Trinajstić information content (AvgIpc) is 3.06. The molecule has 102 valence electrons. The molecule has 2 nitrogen and oxygen atoms in total. The first-order valence-electron chi connectivity index (χ1n) is 8.30. The van der Waals surface area contributed by atoms with Crippen LogP contribution in [0.25, 0.3) is 0 Å². The Bertz CT molecular complexity index is 316. The SMILES string of the molecule is CCC1C2CNCC2CN1CC1CC2CCC1C2. The number of fused-ring (bicyclic) bond motifs is 3. The van der Waals surface area contributed by atoms with Gasteiger partial charge in [-0.05, 0) is 68.4 Å². The largest absolute Gasteiger partial charge is 0.316 e. The number of likely N-dealkylation sites (tertiary alicyclic amines) is 1. The first kappa shape index (κ1) is 11.7. The van der Waals surface area contributed by atoms with Crippen LogP contribution in [0.2, 0.25) is 0 Å². The molecule has 6 atom stereocenters. The van der Waals surface area contributed by atoms with Gasteiger partial charge in [0, 0.05) is 19.1 Å². The van der Waals surface area contributed by atoms with Gasteiger partial charge >= 0.3 is 0 Å². The van der Waals surface area contributed by atoms with Crippen molar-refractivity contribution >= 4 is 0 Å². The molecule has 2 aliphatic heterocycles. The van der Waals surface area contributed by atoms with Gasteiger partial charge < -0.3 is 5.32 Å². The van der Waals surface area contributed by atoms with E-state index in [0.717, 1.165) is 35.6 Å². The molecule has 6 unspecified atom stereocenters. The highest BCUT2D eigenvalue weighted by Crippen LogP contribution is 2.49. The Balaban J connectivity index is 1.42. The van der Waals surface area contributed by atoms with Crippen molar-refractivity contribution in [2.75, 3.05) is 26.2 Å². The summed E-state index contributed by atoms with van der Waals surface area (Å²) in [6.45, 7) is 7.81. The first-order valence-corrected chi connectivity index (χ1v) is 8.30. The Labute approximate surface area is 111 Å². The van der Waals surface area contributed by atoms with Crippen LogP contribution in [0, 0.1) is 29.6 Å². The minimum Gasteiger partial charge on any atom is -0.316 e. The van der Waals surface area contributed by atoms with E-state index in [0.29, 0.717) is 0 Å². The topological polar surface area (TPSA) is 15.3 Å². The van der Waals surface area contributed by atoms with E-state index in [1.807, 2.05) is 0 Å². The number of hydrogen-bond donors (Lipinski definition) is 1. The van der Waals surface area contributed by atoms with Crippen LogP contribution < -0.4 is 5.32 Å².